The summed E-state index contributed by atoms with van der Waals surface area (Å²) in [6.07, 6.45) is 1.19. The third kappa shape index (κ3) is 5.18. The average Bonchev–Trinajstić information content (AvgIpc) is 3.10. The van der Waals surface area contributed by atoms with Crippen molar-refractivity contribution in [2.75, 3.05) is 18.4 Å². The van der Waals surface area contributed by atoms with Crippen LogP contribution in [0.3, 0.4) is 0 Å². The average molecular weight is 463 g/mol. The molecule has 1 aliphatic rings. The number of rotatable bonds is 6. The molecule has 1 saturated heterocycles. The van der Waals surface area contributed by atoms with Crippen molar-refractivity contribution in [3.05, 3.63) is 41.3 Å². The van der Waals surface area contributed by atoms with E-state index in [0.717, 1.165) is 11.1 Å². The number of carbonyl (C=O) groups is 2. The smallest absolute Gasteiger partial charge is 0.309 e. The van der Waals surface area contributed by atoms with E-state index in [1.807, 2.05) is 32.0 Å². The van der Waals surface area contributed by atoms with Crippen LogP contribution in [0.1, 0.15) is 36.7 Å². The summed E-state index contributed by atoms with van der Waals surface area (Å²) in [7, 11) is -1.97. The summed E-state index contributed by atoms with van der Waals surface area (Å²) in [4.78, 5) is 29.2. The first kappa shape index (κ1) is 23.9. The van der Waals surface area contributed by atoms with Crippen LogP contribution in [0.15, 0.2) is 29.4 Å². The van der Waals surface area contributed by atoms with Crippen LogP contribution in [0.5, 0.6) is 0 Å². The molecule has 0 bridgehead atoms. The van der Waals surface area contributed by atoms with Gasteiger partial charge in [-0.3, -0.25) is 9.59 Å². The molecule has 1 aromatic heterocycles. The molecular weight excluding hydrogens is 432 g/mol. The van der Waals surface area contributed by atoms with Gasteiger partial charge in [-0.25, -0.2) is 13.4 Å². The maximum atomic E-state index is 12.8. The lowest BCUT2D eigenvalue weighted by atomic mass is 9.98. The Labute approximate surface area is 188 Å². The van der Waals surface area contributed by atoms with Gasteiger partial charge in [-0.1, -0.05) is 12.1 Å². The number of amides is 1. The molecule has 1 fully saturated rings. The van der Waals surface area contributed by atoms with Crippen LogP contribution >= 0.6 is 0 Å². The van der Waals surface area contributed by atoms with Crippen LogP contribution in [0.4, 0.5) is 5.69 Å². The second kappa shape index (κ2) is 9.41. The number of sulfonamides is 1. The Morgan fingerprint density at radius 1 is 1.19 bits per heavy atom. The fraction of sp³-hybridized carbons (Fsp3) is 0.500. The third-order valence-corrected chi connectivity index (χ3v) is 7.56. The number of piperidine rings is 1. The lowest BCUT2D eigenvalue weighted by Gasteiger charge is -2.30. The van der Waals surface area contributed by atoms with E-state index in [0.29, 0.717) is 24.4 Å². The van der Waals surface area contributed by atoms with E-state index in [1.165, 1.54) is 17.4 Å². The molecule has 0 spiro atoms. The number of hydrogen-bond donors (Lipinski definition) is 1. The number of carbonyl (C=O) groups excluding carboxylic acids is 2. The molecule has 9 nitrogen and oxygen atoms in total. The van der Waals surface area contributed by atoms with Crippen LogP contribution < -0.4 is 5.32 Å². The maximum absolute atomic E-state index is 12.8. The predicted molar refractivity (Wildman–Crippen MR) is 120 cm³/mol. The molecule has 3 rings (SSSR count). The Morgan fingerprint density at radius 2 is 1.84 bits per heavy atom. The van der Waals surface area contributed by atoms with E-state index >= 15 is 0 Å². The molecule has 0 aliphatic carbocycles. The standard InChI is InChI=1S/C22H30N4O5S/c1-14-6-7-15(2)19(12-14)24-21(27)16(3)31-22(28)18-8-10-26(11-9-18)32(29,30)20-13-25(5)17(4)23-20/h6-7,12-13,16,18H,8-11H2,1-5H3,(H,24,27). The number of ether oxygens (including phenoxy) is 1. The minimum atomic E-state index is -3.71. The van der Waals surface area contributed by atoms with Gasteiger partial charge in [0.1, 0.15) is 5.82 Å². The number of aryl methyl sites for hydroxylation is 4. The van der Waals surface area contributed by atoms with Crippen molar-refractivity contribution in [3.63, 3.8) is 0 Å². The van der Waals surface area contributed by atoms with E-state index in [-0.39, 0.29) is 18.1 Å². The van der Waals surface area contributed by atoms with Gasteiger partial charge >= 0.3 is 5.97 Å². The molecule has 1 aromatic carbocycles. The molecule has 1 N–H and O–H groups in total. The van der Waals surface area contributed by atoms with Crippen LogP contribution in [-0.4, -0.2) is 53.3 Å². The minimum Gasteiger partial charge on any atom is -0.452 e. The zero-order chi connectivity index (χ0) is 23.6. The zero-order valence-electron chi connectivity index (χ0n) is 19.1. The van der Waals surface area contributed by atoms with Gasteiger partial charge in [0.15, 0.2) is 11.1 Å². The molecule has 0 saturated carbocycles. The van der Waals surface area contributed by atoms with Crippen molar-refractivity contribution in [3.8, 4) is 0 Å². The number of benzene rings is 1. The maximum Gasteiger partial charge on any atom is 0.309 e. The van der Waals surface area contributed by atoms with Gasteiger partial charge in [0, 0.05) is 32.0 Å². The number of hydrogen-bond acceptors (Lipinski definition) is 6. The fourth-order valence-electron chi connectivity index (χ4n) is 3.54. The molecule has 1 unspecified atom stereocenters. The van der Waals surface area contributed by atoms with Gasteiger partial charge in [-0.05, 0) is 57.7 Å². The van der Waals surface area contributed by atoms with Gasteiger partial charge in [0.25, 0.3) is 15.9 Å². The fourth-order valence-corrected chi connectivity index (χ4v) is 5.04. The Morgan fingerprint density at radius 3 is 2.44 bits per heavy atom. The molecule has 32 heavy (non-hydrogen) atoms. The van der Waals surface area contributed by atoms with Crippen LogP contribution in [-0.2, 0) is 31.4 Å². The van der Waals surface area contributed by atoms with Crippen molar-refractivity contribution in [1.29, 1.82) is 0 Å². The van der Waals surface area contributed by atoms with E-state index in [2.05, 4.69) is 10.3 Å². The SMILES string of the molecule is Cc1ccc(C)c(NC(=O)C(C)OC(=O)C2CCN(S(=O)(=O)c3cn(C)c(C)n3)CC2)c1. The number of anilines is 1. The van der Waals surface area contributed by atoms with Crippen molar-refractivity contribution in [2.45, 2.75) is 51.7 Å². The molecule has 1 aliphatic heterocycles. The highest BCUT2D eigenvalue weighted by molar-refractivity contribution is 7.89. The Hall–Kier alpha value is -2.72. The highest BCUT2D eigenvalue weighted by Gasteiger charge is 2.35. The minimum absolute atomic E-state index is 0.00950. The van der Waals surface area contributed by atoms with Crippen LogP contribution in [0.2, 0.25) is 0 Å². The Bertz CT molecular complexity index is 1100. The normalized spacial score (nSPS) is 16.5. The van der Waals surface area contributed by atoms with Crippen molar-refractivity contribution in [1.82, 2.24) is 13.9 Å². The van der Waals surface area contributed by atoms with E-state index in [1.54, 1.807) is 18.5 Å². The number of aromatic nitrogens is 2. The topological polar surface area (TPSA) is 111 Å². The molecule has 1 atom stereocenters. The highest BCUT2D eigenvalue weighted by Crippen LogP contribution is 2.25. The van der Waals surface area contributed by atoms with Gasteiger partial charge < -0.3 is 14.6 Å². The number of nitrogens with one attached hydrogen (secondary N) is 1. The predicted octanol–water partition coefficient (Wildman–Crippen LogP) is 2.32. The lowest BCUT2D eigenvalue weighted by Crippen LogP contribution is -2.41. The molecule has 1 amide bonds. The quantitative estimate of drug-likeness (QED) is 0.660. The summed E-state index contributed by atoms with van der Waals surface area (Å²) in [5.74, 6) is -0.741. The summed E-state index contributed by atoms with van der Waals surface area (Å²) in [6.45, 7) is 7.47. The Balaban J connectivity index is 1.54. The molecular formula is C22H30N4O5S. The molecule has 10 heteroatoms. The summed E-state index contributed by atoms with van der Waals surface area (Å²) in [5.41, 5.74) is 2.61. The van der Waals surface area contributed by atoms with Crippen molar-refractivity contribution < 1.29 is 22.7 Å². The summed E-state index contributed by atoms with van der Waals surface area (Å²) < 4.78 is 34.0. The molecule has 0 radical (unpaired) electrons. The van der Waals surface area contributed by atoms with Gasteiger partial charge in [0.2, 0.25) is 0 Å². The number of imidazole rings is 1. The monoisotopic (exact) mass is 462 g/mol. The van der Waals surface area contributed by atoms with Gasteiger partial charge in [0.05, 0.1) is 5.92 Å². The zero-order valence-corrected chi connectivity index (χ0v) is 19.9. The first-order valence-corrected chi connectivity index (χ1v) is 12.0. The second-order valence-electron chi connectivity index (χ2n) is 8.30. The van der Waals surface area contributed by atoms with Crippen LogP contribution in [0.25, 0.3) is 0 Å². The van der Waals surface area contributed by atoms with Crippen LogP contribution in [0, 0.1) is 26.7 Å². The van der Waals surface area contributed by atoms with Crippen molar-refractivity contribution >= 4 is 27.6 Å². The number of esters is 1. The summed E-state index contributed by atoms with van der Waals surface area (Å²) in [5, 5.41) is 2.81. The summed E-state index contributed by atoms with van der Waals surface area (Å²) in [6, 6.07) is 5.73. The molecule has 2 aromatic rings. The molecule has 2 heterocycles. The van der Waals surface area contributed by atoms with Gasteiger partial charge in [-0.2, -0.15) is 4.31 Å². The highest BCUT2D eigenvalue weighted by atomic mass is 32.2. The number of nitrogens with zero attached hydrogens (tertiary/aromatic N) is 3. The molecule has 174 valence electrons. The van der Waals surface area contributed by atoms with Crippen molar-refractivity contribution in [2.24, 2.45) is 13.0 Å². The second-order valence-corrected chi connectivity index (χ2v) is 10.2. The first-order chi connectivity index (χ1) is 15.0. The van der Waals surface area contributed by atoms with E-state index < -0.39 is 33.9 Å². The largest absolute Gasteiger partial charge is 0.452 e. The van der Waals surface area contributed by atoms with E-state index in [4.69, 9.17) is 4.74 Å². The summed E-state index contributed by atoms with van der Waals surface area (Å²) >= 11 is 0. The van der Waals surface area contributed by atoms with E-state index in [9.17, 15) is 18.0 Å². The lowest BCUT2D eigenvalue weighted by molar-refractivity contribution is -0.158. The Kier molecular flexibility index (Phi) is 7.04. The van der Waals surface area contributed by atoms with Gasteiger partial charge in [-0.15, -0.1) is 0 Å². The first-order valence-electron chi connectivity index (χ1n) is 10.6. The third-order valence-electron chi connectivity index (χ3n) is 5.79.